The molecule has 1 saturated heterocycles. The molecule has 0 bridgehead atoms. The van der Waals surface area contributed by atoms with Gasteiger partial charge in [-0.25, -0.2) is 0 Å². The fraction of sp³-hybridized carbons (Fsp3) is 0.185. The largest absolute Gasteiger partial charge is 0.489 e. The summed E-state index contributed by atoms with van der Waals surface area (Å²) in [6, 6.07) is 25.4. The second-order valence-corrected chi connectivity index (χ2v) is 8.07. The van der Waals surface area contributed by atoms with Crippen LogP contribution in [0.2, 0.25) is 0 Å². The molecule has 0 aliphatic carbocycles. The van der Waals surface area contributed by atoms with Gasteiger partial charge in [0.1, 0.15) is 24.0 Å². The maximum atomic E-state index is 12.9. The summed E-state index contributed by atoms with van der Waals surface area (Å²) in [7, 11) is 0. The molecule has 0 saturated carbocycles. The molecule has 0 radical (unpaired) electrons. The second-order valence-electron chi connectivity index (χ2n) is 8.07. The Balaban J connectivity index is 1.35. The van der Waals surface area contributed by atoms with Crippen molar-refractivity contribution >= 4 is 23.4 Å². The molecule has 1 aliphatic rings. The minimum Gasteiger partial charge on any atom is -0.489 e. The number of ether oxygens (including phenoxy) is 1. The van der Waals surface area contributed by atoms with Crippen molar-refractivity contribution in [2.24, 2.45) is 0 Å². The maximum Gasteiger partial charge on any atom is 0.269 e. The van der Waals surface area contributed by atoms with Gasteiger partial charge in [0.05, 0.1) is 4.92 Å². The summed E-state index contributed by atoms with van der Waals surface area (Å²) in [6.45, 7) is 2.72. The number of nitriles is 1. The van der Waals surface area contributed by atoms with Crippen LogP contribution in [0.3, 0.4) is 0 Å². The molecule has 3 aromatic carbocycles. The van der Waals surface area contributed by atoms with Crippen molar-refractivity contribution in [1.29, 1.82) is 5.26 Å². The summed E-state index contributed by atoms with van der Waals surface area (Å²) in [6.07, 6.45) is 1.58. The molecule has 3 aromatic rings. The van der Waals surface area contributed by atoms with Gasteiger partial charge in [0, 0.05) is 44.0 Å². The quantitative estimate of drug-likeness (QED) is 0.220. The van der Waals surface area contributed by atoms with Gasteiger partial charge in [0.15, 0.2) is 0 Å². The van der Waals surface area contributed by atoms with Gasteiger partial charge >= 0.3 is 0 Å². The Bertz CT molecular complexity index is 1260. The molecule has 1 heterocycles. The normalized spacial score (nSPS) is 13.7. The van der Waals surface area contributed by atoms with E-state index in [0.717, 1.165) is 5.69 Å². The number of nitro benzene ring substituents is 1. The Hall–Kier alpha value is -4.64. The number of hydrogen-bond acceptors (Lipinski definition) is 6. The van der Waals surface area contributed by atoms with Crippen LogP contribution in [-0.4, -0.2) is 41.9 Å². The van der Waals surface area contributed by atoms with Gasteiger partial charge in [0.25, 0.3) is 11.6 Å². The topological polar surface area (TPSA) is 99.7 Å². The van der Waals surface area contributed by atoms with E-state index in [4.69, 9.17) is 4.74 Å². The molecule has 35 heavy (non-hydrogen) atoms. The summed E-state index contributed by atoms with van der Waals surface area (Å²) in [5.41, 5.74) is 2.63. The van der Waals surface area contributed by atoms with Crippen LogP contribution in [0, 0.1) is 21.4 Å². The number of piperazine rings is 1. The average Bonchev–Trinajstić information content (AvgIpc) is 2.91. The fourth-order valence-corrected chi connectivity index (χ4v) is 3.87. The highest BCUT2D eigenvalue weighted by atomic mass is 16.6. The molecule has 8 nitrogen and oxygen atoms in total. The average molecular weight is 469 g/mol. The molecular formula is C27H24N4O4. The Morgan fingerprint density at radius 1 is 1.00 bits per heavy atom. The third kappa shape index (κ3) is 6.03. The second kappa shape index (κ2) is 11.0. The summed E-state index contributed by atoms with van der Waals surface area (Å²) >= 11 is 0. The Morgan fingerprint density at radius 2 is 1.71 bits per heavy atom. The lowest BCUT2D eigenvalue weighted by molar-refractivity contribution is -0.384. The number of nitro groups is 1. The first kappa shape index (κ1) is 23.5. The molecule has 0 spiro atoms. The first-order chi connectivity index (χ1) is 17.0. The van der Waals surface area contributed by atoms with E-state index >= 15 is 0 Å². The van der Waals surface area contributed by atoms with Crippen molar-refractivity contribution < 1.29 is 14.5 Å². The van der Waals surface area contributed by atoms with E-state index in [-0.39, 0.29) is 23.8 Å². The van der Waals surface area contributed by atoms with Crippen molar-refractivity contribution in [3.05, 3.63) is 106 Å². The highest BCUT2D eigenvalue weighted by Gasteiger charge is 2.23. The van der Waals surface area contributed by atoms with Crippen LogP contribution in [0.1, 0.15) is 11.1 Å². The monoisotopic (exact) mass is 468 g/mol. The van der Waals surface area contributed by atoms with Crippen LogP contribution in [0.25, 0.3) is 6.08 Å². The zero-order valence-electron chi connectivity index (χ0n) is 19.0. The molecule has 1 amide bonds. The fourth-order valence-electron chi connectivity index (χ4n) is 3.87. The highest BCUT2D eigenvalue weighted by molar-refractivity contribution is 6.01. The molecule has 4 rings (SSSR count). The lowest BCUT2D eigenvalue weighted by Crippen LogP contribution is -2.49. The van der Waals surface area contributed by atoms with Gasteiger partial charge in [-0.3, -0.25) is 14.9 Å². The van der Waals surface area contributed by atoms with E-state index in [1.165, 1.54) is 12.1 Å². The standard InChI is InChI=1S/C27H24N4O4/c28-19-23(27(32)30-15-13-29(14-16-30)24-6-2-1-3-7-24)17-21-9-11-26(12-10-21)35-20-22-5-4-8-25(18-22)31(33)34/h1-12,17-18H,13-16,20H2/b23-17+. The number of rotatable bonds is 7. The molecule has 8 heteroatoms. The number of non-ortho nitro benzene ring substituents is 1. The highest BCUT2D eigenvalue weighted by Crippen LogP contribution is 2.20. The predicted octanol–water partition coefficient (Wildman–Crippen LogP) is 4.43. The van der Waals surface area contributed by atoms with E-state index < -0.39 is 4.92 Å². The van der Waals surface area contributed by atoms with Gasteiger partial charge in [-0.15, -0.1) is 0 Å². The molecular weight excluding hydrogens is 444 g/mol. The molecule has 1 aliphatic heterocycles. The summed E-state index contributed by atoms with van der Waals surface area (Å²) < 4.78 is 5.71. The number of amides is 1. The molecule has 0 unspecified atom stereocenters. The lowest BCUT2D eigenvalue weighted by Gasteiger charge is -2.36. The van der Waals surface area contributed by atoms with Crippen molar-refractivity contribution in [2.45, 2.75) is 6.61 Å². The van der Waals surface area contributed by atoms with Crippen LogP contribution < -0.4 is 9.64 Å². The van der Waals surface area contributed by atoms with Crippen LogP contribution >= 0.6 is 0 Å². The minimum absolute atomic E-state index is 0.0155. The SMILES string of the molecule is N#C/C(=C\c1ccc(OCc2cccc([N+](=O)[O-])c2)cc1)C(=O)N1CCN(c2ccccc2)CC1. The van der Waals surface area contributed by atoms with Gasteiger partial charge in [-0.05, 0) is 41.5 Å². The van der Waals surface area contributed by atoms with E-state index in [1.807, 2.05) is 24.3 Å². The summed E-state index contributed by atoms with van der Waals surface area (Å²) in [5.74, 6) is 0.307. The minimum atomic E-state index is -0.443. The van der Waals surface area contributed by atoms with Gasteiger partial charge < -0.3 is 14.5 Å². The Kier molecular flexibility index (Phi) is 7.38. The van der Waals surface area contributed by atoms with Gasteiger partial charge in [-0.1, -0.05) is 42.5 Å². The maximum absolute atomic E-state index is 12.9. The number of anilines is 1. The van der Waals surface area contributed by atoms with Crippen LogP contribution in [0.4, 0.5) is 11.4 Å². The zero-order valence-corrected chi connectivity index (χ0v) is 19.0. The van der Waals surface area contributed by atoms with Gasteiger partial charge in [0.2, 0.25) is 0 Å². The number of carbonyl (C=O) groups is 1. The third-order valence-electron chi connectivity index (χ3n) is 5.76. The molecule has 0 aromatic heterocycles. The van der Waals surface area contributed by atoms with Crippen LogP contribution in [0.15, 0.2) is 84.4 Å². The lowest BCUT2D eigenvalue weighted by atomic mass is 10.1. The number of nitrogens with zero attached hydrogens (tertiary/aromatic N) is 4. The van der Waals surface area contributed by atoms with E-state index in [0.29, 0.717) is 43.1 Å². The first-order valence-electron chi connectivity index (χ1n) is 11.2. The number of benzene rings is 3. The van der Waals surface area contributed by atoms with Crippen LogP contribution in [0.5, 0.6) is 5.75 Å². The van der Waals surface area contributed by atoms with E-state index in [9.17, 15) is 20.2 Å². The predicted molar refractivity (Wildman–Crippen MR) is 133 cm³/mol. The number of hydrogen-bond donors (Lipinski definition) is 0. The number of carbonyl (C=O) groups excluding carboxylic acids is 1. The van der Waals surface area contributed by atoms with Crippen molar-refractivity contribution in [1.82, 2.24) is 4.90 Å². The summed E-state index contributed by atoms with van der Waals surface area (Å²) in [4.78, 5) is 27.3. The van der Waals surface area contributed by atoms with Crippen molar-refractivity contribution in [2.75, 3.05) is 31.1 Å². The molecule has 1 fully saturated rings. The van der Waals surface area contributed by atoms with E-state index in [1.54, 1.807) is 47.4 Å². The molecule has 0 atom stereocenters. The van der Waals surface area contributed by atoms with Crippen molar-refractivity contribution in [3.8, 4) is 11.8 Å². The molecule has 176 valence electrons. The Labute approximate surface area is 203 Å². The zero-order chi connectivity index (χ0) is 24.6. The Morgan fingerprint density at radius 3 is 2.37 bits per heavy atom. The van der Waals surface area contributed by atoms with Crippen molar-refractivity contribution in [3.63, 3.8) is 0 Å². The number of para-hydroxylation sites is 1. The summed E-state index contributed by atoms with van der Waals surface area (Å²) in [5, 5.41) is 20.5. The smallest absolute Gasteiger partial charge is 0.269 e. The van der Waals surface area contributed by atoms with E-state index in [2.05, 4.69) is 17.0 Å². The van der Waals surface area contributed by atoms with Crippen LogP contribution in [-0.2, 0) is 11.4 Å². The molecule has 0 N–H and O–H groups in total. The van der Waals surface area contributed by atoms with Gasteiger partial charge in [-0.2, -0.15) is 5.26 Å². The first-order valence-corrected chi connectivity index (χ1v) is 11.2. The third-order valence-corrected chi connectivity index (χ3v) is 5.76.